The van der Waals surface area contributed by atoms with Crippen LogP contribution in [0.2, 0.25) is 0 Å². The lowest BCUT2D eigenvalue weighted by Crippen LogP contribution is -2.34. The molecule has 0 spiro atoms. The highest BCUT2D eigenvalue weighted by Crippen LogP contribution is 1.98. The quantitative estimate of drug-likeness (QED) is 0.361. The molecule has 0 aliphatic heterocycles. The van der Waals surface area contributed by atoms with Crippen molar-refractivity contribution in [3.8, 4) is 0 Å². The highest BCUT2D eigenvalue weighted by atomic mass is 16.4. The van der Waals surface area contributed by atoms with Crippen LogP contribution in [0.5, 0.6) is 0 Å². The number of amides is 2. The van der Waals surface area contributed by atoms with Crippen LogP contribution < -0.4 is 10.6 Å². The summed E-state index contributed by atoms with van der Waals surface area (Å²) in [4.78, 5) is 30.6. The Morgan fingerprint density at radius 1 is 1.20 bits per heavy atom. The van der Waals surface area contributed by atoms with E-state index in [1.54, 1.807) is 0 Å². The van der Waals surface area contributed by atoms with Gasteiger partial charge in [-0.15, -0.1) is 0 Å². The van der Waals surface area contributed by atoms with Gasteiger partial charge in [0.2, 0.25) is 0 Å². The summed E-state index contributed by atoms with van der Waals surface area (Å²) in [6.07, 6.45) is -0.293. The largest absolute Gasteiger partial charge is 0.465 e. The number of carbonyl (C=O) groups excluding carboxylic acids is 1. The van der Waals surface area contributed by atoms with Gasteiger partial charge in [0.1, 0.15) is 6.29 Å². The van der Waals surface area contributed by atoms with Gasteiger partial charge in [-0.3, -0.25) is 0 Å². The molecule has 2 amide bonds. The van der Waals surface area contributed by atoms with Crippen molar-refractivity contribution in [1.29, 1.82) is 0 Å². The van der Waals surface area contributed by atoms with Crippen molar-refractivity contribution in [1.82, 2.24) is 10.6 Å². The Kier molecular flexibility index (Phi) is 6.69. The Labute approximate surface area is 86.5 Å². The Morgan fingerprint density at radius 3 is 2.33 bits per heavy atom. The normalized spacial score (nSPS) is 11.5. The molecule has 0 aliphatic carbocycles. The zero-order valence-corrected chi connectivity index (χ0v) is 8.10. The fourth-order valence-electron chi connectivity index (χ4n) is 1.02. The first-order valence-electron chi connectivity index (χ1n) is 4.47. The Morgan fingerprint density at radius 2 is 1.87 bits per heavy atom. The molecule has 86 valence electrons. The topological polar surface area (TPSA) is 116 Å². The molecule has 0 aromatic heterocycles. The Hall–Kier alpha value is -1.79. The maximum absolute atomic E-state index is 10.4. The third-order valence-corrected chi connectivity index (χ3v) is 1.69. The predicted molar refractivity (Wildman–Crippen MR) is 50.9 cm³/mol. The molecule has 1 atom stereocenters. The summed E-state index contributed by atoms with van der Waals surface area (Å²) in [5, 5.41) is 20.8. The van der Waals surface area contributed by atoms with Crippen molar-refractivity contribution in [3.05, 3.63) is 0 Å². The molecule has 0 unspecified atom stereocenters. The van der Waals surface area contributed by atoms with Crippen molar-refractivity contribution in [2.75, 3.05) is 6.54 Å². The maximum Gasteiger partial charge on any atom is 0.405 e. The number of nitrogens with one attached hydrogen (secondary N) is 2. The standard InChI is InChI=1S/C8H14N2O5/c11-5-6(10-8(14)15)3-1-2-4-9-7(12)13/h5-6,9-10H,1-4H2,(H,12,13)(H,14,15)/t6-/m0/s1. The van der Waals surface area contributed by atoms with Crippen molar-refractivity contribution in [2.24, 2.45) is 0 Å². The lowest BCUT2D eigenvalue weighted by molar-refractivity contribution is -0.109. The second-order valence-corrected chi connectivity index (χ2v) is 2.92. The smallest absolute Gasteiger partial charge is 0.405 e. The molecule has 0 aromatic rings. The van der Waals surface area contributed by atoms with E-state index in [0.29, 0.717) is 32.1 Å². The van der Waals surface area contributed by atoms with E-state index >= 15 is 0 Å². The van der Waals surface area contributed by atoms with Crippen LogP contribution >= 0.6 is 0 Å². The summed E-state index contributed by atoms with van der Waals surface area (Å²) < 4.78 is 0. The van der Waals surface area contributed by atoms with Crippen molar-refractivity contribution < 1.29 is 24.6 Å². The van der Waals surface area contributed by atoms with Gasteiger partial charge in [0.25, 0.3) is 0 Å². The molecule has 0 fully saturated rings. The highest BCUT2D eigenvalue weighted by Gasteiger charge is 2.08. The molecule has 4 N–H and O–H groups in total. The zero-order valence-electron chi connectivity index (χ0n) is 8.10. The Balaban J connectivity index is 3.50. The van der Waals surface area contributed by atoms with Gasteiger partial charge in [0, 0.05) is 6.54 Å². The molecular weight excluding hydrogens is 204 g/mol. The van der Waals surface area contributed by atoms with Crippen LogP contribution in [-0.2, 0) is 4.79 Å². The lowest BCUT2D eigenvalue weighted by atomic mass is 10.1. The van der Waals surface area contributed by atoms with Gasteiger partial charge in [0.15, 0.2) is 0 Å². The molecule has 0 heterocycles. The first-order chi connectivity index (χ1) is 7.06. The van der Waals surface area contributed by atoms with Gasteiger partial charge in [0.05, 0.1) is 6.04 Å². The lowest BCUT2D eigenvalue weighted by Gasteiger charge is -2.09. The van der Waals surface area contributed by atoms with E-state index in [9.17, 15) is 14.4 Å². The van der Waals surface area contributed by atoms with Gasteiger partial charge in [-0.25, -0.2) is 9.59 Å². The summed E-state index contributed by atoms with van der Waals surface area (Å²) in [5.41, 5.74) is 0. The summed E-state index contributed by atoms with van der Waals surface area (Å²) >= 11 is 0. The zero-order chi connectivity index (χ0) is 11.7. The molecule has 0 saturated heterocycles. The van der Waals surface area contributed by atoms with Crippen LogP contribution in [0.4, 0.5) is 9.59 Å². The second kappa shape index (κ2) is 7.60. The summed E-state index contributed by atoms with van der Waals surface area (Å²) in [5.74, 6) is 0. The molecule has 7 nitrogen and oxygen atoms in total. The fraction of sp³-hybridized carbons (Fsp3) is 0.625. The van der Waals surface area contributed by atoms with Gasteiger partial charge in [-0.1, -0.05) is 0 Å². The van der Waals surface area contributed by atoms with Crippen LogP contribution in [0.1, 0.15) is 19.3 Å². The molecule has 0 bridgehead atoms. The summed E-state index contributed by atoms with van der Waals surface area (Å²) in [7, 11) is 0. The highest BCUT2D eigenvalue weighted by molar-refractivity contribution is 5.71. The van der Waals surface area contributed by atoms with Crippen LogP contribution in [-0.4, -0.2) is 41.3 Å². The molecule has 0 aromatic carbocycles. The number of hydrogen-bond donors (Lipinski definition) is 4. The van der Waals surface area contributed by atoms with Crippen LogP contribution in [0.15, 0.2) is 0 Å². The first kappa shape index (κ1) is 13.2. The first-order valence-corrected chi connectivity index (χ1v) is 4.47. The van der Waals surface area contributed by atoms with Crippen LogP contribution in [0.25, 0.3) is 0 Å². The molecule has 15 heavy (non-hydrogen) atoms. The fourth-order valence-corrected chi connectivity index (χ4v) is 1.02. The summed E-state index contributed by atoms with van der Waals surface area (Å²) in [6.45, 7) is 0.300. The van der Waals surface area contributed by atoms with E-state index in [0.717, 1.165) is 0 Å². The van der Waals surface area contributed by atoms with E-state index in [1.807, 2.05) is 5.32 Å². The van der Waals surface area contributed by atoms with Gasteiger partial charge in [-0.2, -0.15) is 0 Å². The molecule has 7 heteroatoms. The van der Waals surface area contributed by atoms with E-state index < -0.39 is 18.2 Å². The van der Waals surface area contributed by atoms with Gasteiger partial charge >= 0.3 is 12.2 Å². The molecular formula is C8H14N2O5. The number of rotatable bonds is 7. The van der Waals surface area contributed by atoms with E-state index in [2.05, 4.69) is 5.32 Å². The minimum absolute atomic E-state index is 0.300. The molecule has 0 aliphatic rings. The number of hydrogen-bond acceptors (Lipinski definition) is 3. The van der Waals surface area contributed by atoms with Gasteiger partial charge in [-0.05, 0) is 19.3 Å². The SMILES string of the molecule is O=C[C@H](CCCCNC(=O)O)NC(=O)O. The van der Waals surface area contributed by atoms with Gasteiger partial charge < -0.3 is 25.6 Å². The molecule has 0 rings (SSSR count). The average molecular weight is 218 g/mol. The maximum atomic E-state index is 10.4. The monoisotopic (exact) mass is 218 g/mol. The average Bonchev–Trinajstić information content (AvgIpc) is 2.14. The van der Waals surface area contributed by atoms with Crippen molar-refractivity contribution >= 4 is 18.5 Å². The molecule has 0 saturated carbocycles. The third kappa shape index (κ3) is 8.54. The van der Waals surface area contributed by atoms with Crippen molar-refractivity contribution in [3.63, 3.8) is 0 Å². The Bertz CT molecular complexity index is 231. The number of carboxylic acid groups (broad SMARTS) is 2. The third-order valence-electron chi connectivity index (χ3n) is 1.69. The van der Waals surface area contributed by atoms with Crippen LogP contribution in [0, 0.1) is 0 Å². The number of carbonyl (C=O) groups is 3. The van der Waals surface area contributed by atoms with E-state index in [4.69, 9.17) is 10.2 Å². The second-order valence-electron chi connectivity index (χ2n) is 2.92. The van der Waals surface area contributed by atoms with Crippen LogP contribution in [0.3, 0.4) is 0 Å². The minimum Gasteiger partial charge on any atom is -0.465 e. The predicted octanol–water partition coefficient (Wildman–Crippen LogP) is 0.259. The number of unbranched alkanes of at least 4 members (excludes halogenated alkanes) is 1. The van der Waals surface area contributed by atoms with Crippen molar-refractivity contribution in [2.45, 2.75) is 25.3 Å². The van der Waals surface area contributed by atoms with E-state index in [1.165, 1.54) is 0 Å². The minimum atomic E-state index is -1.24. The van der Waals surface area contributed by atoms with E-state index in [-0.39, 0.29) is 0 Å². The molecule has 0 radical (unpaired) electrons. The summed E-state index contributed by atoms with van der Waals surface area (Å²) in [6, 6.07) is -0.715. The number of aldehydes is 1.